The fourth-order valence-electron chi connectivity index (χ4n) is 2.74. The van der Waals surface area contributed by atoms with Crippen LogP contribution < -0.4 is 10.1 Å². The van der Waals surface area contributed by atoms with Crippen molar-refractivity contribution in [1.29, 1.82) is 0 Å². The van der Waals surface area contributed by atoms with Crippen LogP contribution in [0.25, 0.3) is 0 Å². The topological polar surface area (TPSA) is 30.5 Å². The van der Waals surface area contributed by atoms with E-state index in [4.69, 9.17) is 9.47 Å². The Kier molecular flexibility index (Phi) is 5.86. The molecule has 1 fully saturated rings. The minimum atomic E-state index is 0.197. The van der Waals surface area contributed by atoms with Gasteiger partial charge in [-0.15, -0.1) is 0 Å². The summed E-state index contributed by atoms with van der Waals surface area (Å²) in [6, 6.07) is 8.73. The van der Waals surface area contributed by atoms with Gasteiger partial charge in [-0.25, -0.2) is 0 Å². The maximum atomic E-state index is 5.99. The van der Waals surface area contributed by atoms with E-state index in [2.05, 4.69) is 44.3 Å². The summed E-state index contributed by atoms with van der Waals surface area (Å²) in [5.74, 6) is 1.54. The molecule has 0 radical (unpaired) electrons. The lowest BCUT2D eigenvalue weighted by Gasteiger charge is -2.27. The smallest absolute Gasteiger partial charge is 0.124 e. The maximum Gasteiger partial charge on any atom is 0.124 e. The van der Waals surface area contributed by atoms with E-state index in [1.807, 2.05) is 6.07 Å². The highest BCUT2D eigenvalue weighted by molar-refractivity contribution is 5.36. The van der Waals surface area contributed by atoms with Gasteiger partial charge in [-0.2, -0.15) is 0 Å². The number of hydrogen-bond acceptors (Lipinski definition) is 3. The molecule has 2 atom stereocenters. The Balaban J connectivity index is 2.22. The number of para-hydroxylation sites is 1. The van der Waals surface area contributed by atoms with Crippen molar-refractivity contribution >= 4 is 0 Å². The highest BCUT2D eigenvalue weighted by Gasteiger charge is 2.28. The second-order valence-corrected chi connectivity index (χ2v) is 5.76. The van der Waals surface area contributed by atoms with E-state index in [1.54, 1.807) is 0 Å². The van der Waals surface area contributed by atoms with Gasteiger partial charge >= 0.3 is 0 Å². The molecule has 20 heavy (non-hydrogen) atoms. The summed E-state index contributed by atoms with van der Waals surface area (Å²) in [7, 11) is 0. The summed E-state index contributed by atoms with van der Waals surface area (Å²) < 4.78 is 11.6. The molecule has 2 unspecified atom stereocenters. The van der Waals surface area contributed by atoms with Crippen LogP contribution >= 0.6 is 0 Å². The molecule has 112 valence electrons. The van der Waals surface area contributed by atoms with Crippen molar-refractivity contribution in [2.24, 2.45) is 5.92 Å². The van der Waals surface area contributed by atoms with Crippen LogP contribution in [0.3, 0.4) is 0 Å². The van der Waals surface area contributed by atoms with Crippen molar-refractivity contribution < 1.29 is 9.47 Å². The third-order valence-corrected chi connectivity index (χ3v) is 3.67. The van der Waals surface area contributed by atoms with Crippen LogP contribution in [0.1, 0.15) is 45.2 Å². The van der Waals surface area contributed by atoms with Crippen LogP contribution in [0, 0.1) is 5.92 Å². The first-order valence-electron chi connectivity index (χ1n) is 7.79. The summed E-state index contributed by atoms with van der Waals surface area (Å²) in [6.07, 6.45) is 2.46. The van der Waals surface area contributed by atoms with Gasteiger partial charge in [0.25, 0.3) is 0 Å². The van der Waals surface area contributed by atoms with Gasteiger partial charge in [0, 0.05) is 24.1 Å². The zero-order valence-electron chi connectivity index (χ0n) is 12.9. The van der Waals surface area contributed by atoms with Gasteiger partial charge in [0.15, 0.2) is 0 Å². The van der Waals surface area contributed by atoms with Crippen molar-refractivity contribution in [3.63, 3.8) is 0 Å². The van der Waals surface area contributed by atoms with Gasteiger partial charge in [-0.05, 0) is 39.3 Å². The minimum absolute atomic E-state index is 0.197. The summed E-state index contributed by atoms with van der Waals surface area (Å²) in [4.78, 5) is 0. The molecule has 0 spiro atoms. The Labute approximate surface area is 122 Å². The average Bonchev–Trinajstić information content (AvgIpc) is 2.94. The fraction of sp³-hybridized carbons (Fsp3) is 0.647. The predicted molar refractivity (Wildman–Crippen MR) is 82.2 cm³/mol. The first-order chi connectivity index (χ1) is 9.72. The predicted octanol–water partition coefficient (Wildman–Crippen LogP) is 3.55. The zero-order valence-corrected chi connectivity index (χ0v) is 12.9. The molecule has 1 saturated heterocycles. The Morgan fingerprint density at radius 3 is 2.80 bits per heavy atom. The van der Waals surface area contributed by atoms with Crippen LogP contribution in [0.15, 0.2) is 24.3 Å². The summed E-state index contributed by atoms with van der Waals surface area (Å²) in [5.41, 5.74) is 1.27. The fourth-order valence-corrected chi connectivity index (χ4v) is 2.74. The molecule has 1 aliphatic rings. The molecule has 1 N–H and O–H groups in total. The molecule has 0 aliphatic carbocycles. The third-order valence-electron chi connectivity index (χ3n) is 3.67. The zero-order chi connectivity index (χ0) is 14.4. The van der Waals surface area contributed by atoms with Crippen LogP contribution in [0.2, 0.25) is 0 Å². The van der Waals surface area contributed by atoms with Crippen molar-refractivity contribution in [3.8, 4) is 5.75 Å². The monoisotopic (exact) mass is 277 g/mol. The van der Waals surface area contributed by atoms with E-state index < -0.39 is 0 Å². The SMILES string of the molecule is CCCNC(c1ccccc1OC(C)C)C1CCOC1. The molecule has 1 aromatic rings. The molecule has 2 rings (SSSR count). The minimum Gasteiger partial charge on any atom is -0.491 e. The van der Waals surface area contributed by atoms with E-state index >= 15 is 0 Å². The molecular formula is C17H27NO2. The summed E-state index contributed by atoms with van der Waals surface area (Å²) >= 11 is 0. The number of benzene rings is 1. The lowest BCUT2D eigenvalue weighted by Crippen LogP contribution is -2.30. The molecule has 0 bridgehead atoms. The Morgan fingerprint density at radius 2 is 2.15 bits per heavy atom. The van der Waals surface area contributed by atoms with Crippen LogP contribution in [0.5, 0.6) is 5.75 Å². The van der Waals surface area contributed by atoms with E-state index in [0.717, 1.165) is 38.3 Å². The van der Waals surface area contributed by atoms with Gasteiger partial charge in [0.05, 0.1) is 12.7 Å². The van der Waals surface area contributed by atoms with Gasteiger partial charge < -0.3 is 14.8 Å². The van der Waals surface area contributed by atoms with Gasteiger partial charge in [0.2, 0.25) is 0 Å². The van der Waals surface area contributed by atoms with Crippen molar-refractivity contribution in [3.05, 3.63) is 29.8 Å². The van der Waals surface area contributed by atoms with E-state index in [1.165, 1.54) is 5.56 Å². The maximum absolute atomic E-state index is 5.99. The van der Waals surface area contributed by atoms with Crippen molar-refractivity contribution in [1.82, 2.24) is 5.32 Å². The summed E-state index contributed by atoms with van der Waals surface area (Å²) in [5, 5.41) is 3.68. The molecule has 3 nitrogen and oxygen atoms in total. The van der Waals surface area contributed by atoms with E-state index in [9.17, 15) is 0 Å². The van der Waals surface area contributed by atoms with Gasteiger partial charge in [-0.3, -0.25) is 0 Å². The molecule has 0 saturated carbocycles. The Bertz CT molecular complexity index is 400. The Morgan fingerprint density at radius 1 is 1.35 bits per heavy atom. The molecule has 1 aromatic carbocycles. The Hall–Kier alpha value is -1.06. The molecule has 1 aliphatic heterocycles. The van der Waals surface area contributed by atoms with Gasteiger partial charge in [0.1, 0.15) is 5.75 Å². The molecular weight excluding hydrogens is 250 g/mol. The normalized spacial score (nSPS) is 20.3. The van der Waals surface area contributed by atoms with Crippen LogP contribution in [-0.4, -0.2) is 25.9 Å². The largest absolute Gasteiger partial charge is 0.491 e. The third kappa shape index (κ3) is 3.97. The summed E-state index contributed by atoms with van der Waals surface area (Å²) in [6.45, 7) is 9.09. The van der Waals surface area contributed by atoms with Crippen molar-refractivity contribution in [2.45, 2.75) is 45.8 Å². The number of ether oxygens (including phenoxy) is 2. The van der Waals surface area contributed by atoms with Crippen LogP contribution in [-0.2, 0) is 4.74 Å². The molecule has 0 amide bonds. The second-order valence-electron chi connectivity index (χ2n) is 5.76. The first-order valence-corrected chi connectivity index (χ1v) is 7.79. The molecule has 0 aromatic heterocycles. The van der Waals surface area contributed by atoms with Gasteiger partial charge in [-0.1, -0.05) is 25.1 Å². The average molecular weight is 277 g/mol. The molecule has 1 heterocycles. The number of nitrogens with one attached hydrogen (secondary N) is 1. The number of rotatable bonds is 7. The van der Waals surface area contributed by atoms with Crippen molar-refractivity contribution in [2.75, 3.05) is 19.8 Å². The highest BCUT2D eigenvalue weighted by atomic mass is 16.5. The molecule has 3 heteroatoms. The van der Waals surface area contributed by atoms with Crippen LogP contribution in [0.4, 0.5) is 0 Å². The second kappa shape index (κ2) is 7.65. The first kappa shape index (κ1) is 15.3. The highest BCUT2D eigenvalue weighted by Crippen LogP contribution is 2.34. The quantitative estimate of drug-likeness (QED) is 0.826. The van der Waals surface area contributed by atoms with E-state index in [-0.39, 0.29) is 6.10 Å². The lowest BCUT2D eigenvalue weighted by molar-refractivity contribution is 0.175. The number of hydrogen-bond donors (Lipinski definition) is 1. The lowest BCUT2D eigenvalue weighted by atomic mass is 9.91. The van der Waals surface area contributed by atoms with E-state index in [0.29, 0.717) is 12.0 Å². The standard InChI is InChI=1S/C17H27NO2/c1-4-10-18-17(14-9-11-19-12-14)15-7-5-6-8-16(15)20-13(2)3/h5-8,13-14,17-18H,4,9-12H2,1-3H3.